The molecule has 0 aliphatic rings. The van der Waals surface area contributed by atoms with Gasteiger partial charge in [0.2, 0.25) is 0 Å². The SMILES string of the molecule is CCc1cc(CNc2cc(C)cc(-c3ncccc3Br)c2C=N)ccc1C(=O)C(C)C. The lowest BCUT2D eigenvalue weighted by molar-refractivity contribution is 0.0938. The molecule has 0 unspecified atom stereocenters. The van der Waals surface area contributed by atoms with Gasteiger partial charge in [-0.3, -0.25) is 9.78 Å². The number of carbonyl (C=O) groups excluding carboxylic acids is 1. The molecule has 0 fully saturated rings. The molecule has 0 spiro atoms. The summed E-state index contributed by atoms with van der Waals surface area (Å²) in [7, 11) is 0. The van der Waals surface area contributed by atoms with E-state index in [4.69, 9.17) is 5.41 Å². The highest BCUT2D eigenvalue weighted by atomic mass is 79.9. The Morgan fingerprint density at radius 3 is 2.65 bits per heavy atom. The van der Waals surface area contributed by atoms with E-state index in [0.717, 1.165) is 55.7 Å². The molecule has 0 amide bonds. The van der Waals surface area contributed by atoms with Crippen LogP contribution in [0.15, 0.2) is 53.1 Å². The zero-order chi connectivity index (χ0) is 22.5. The van der Waals surface area contributed by atoms with Crippen LogP contribution in [0.2, 0.25) is 0 Å². The summed E-state index contributed by atoms with van der Waals surface area (Å²) in [5.74, 6) is 0.174. The smallest absolute Gasteiger partial charge is 0.165 e. The third-order valence-electron chi connectivity index (χ3n) is 5.31. The number of hydrogen-bond acceptors (Lipinski definition) is 4. The molecule has 3 rings (SSSR count). The molecule has 0 radical (unpaired) electrons. The normalized spacial score (nSPS) is 10.9. The third-order valence-corrected chi connectivity index (χ3v) is 5.95. The molecule has 1 heterocycles. The number of ketones is 1. The first kappa shape index (κ1) is 22.9. The highest BCUT2D eigenvalue weighted by Crippen LogP contribution is 2.33. The molecule has 5 heteroatoms. The van der Waals surface area contributed by atoms with Crippen molar-refractivity contribution >= 4 is 33.6 Å². The summed E-state index contributed by atoms with van der Waals surface area (Å²) in [4.78, 5) is 17.0. The highest BCUT2D eigenvalue weighted by Gasteiger charge is 2.16. The molecule has 1 aromatic heterocycles. The summed E-state index contributed by atoms with van der Waals surface area (Å²) < 4.78 is 0.896. The molecule has 2 aromatic carbocycles. The Morgan fingerprint density at radius 2 is 2.00 bits per heavy atom. The van der Waals surface area contributed by atoms with Gasteiger partial charge in [-0.2, -0.15) is 0 Å². The molecule has 0 bridgehead atoms. The second kappa shape index (κ2) is 10.0. The van der Waals surface area contributed by atoms with Gasteiger partial charge in [0, 0.05) is 51.7 Å². The number of nitrogens with one attached hydrogen (secondary N) is 2. The number of nitrogens with zero attached hydrogens (tertiary/aromatic N) is 1. The van der Waals surface area contributed by atoms with Crippen LogP contribution >= 0.6 is 15.9 Å². The molecule has 0 saturated heterocycles. The van der Waals surface area contributed by atoms with Crippen LogP contribution in [0.4, 0.5) is 5.69 Å². The van der Waals surface area contributed by atoms with E-state index in [1.165, 1.54) is 6.21 Å². The third kappa shape index (κ3) is 5.10. The maximum absolute atomic E-state index is 12.5. The Balaban J connectivity index is 1.93. The van der Waals surface area contributed by atoms with E-state index in [0.29, 0.717) is 6.54 Å². The Morgan fingerprint density at radius 1 is 1.23 bits per heavy atom. The van der Waals surface area contributed by atoms with Gasteiger partial charge in [-0.1, -0.05) is 39.0 Å². The van der Waals surface area contributed by atoms with Gasteiger partial charge in [0.25, 0.3) is 0 Å². The lowest BCUT2D eigenvalue weighted by Gasteiger charge is -2.16. The maximum Gasteiger partial charge on any atom is 0.165 e. The van der Waals surface area contributed by atoms with Crippen LogP contribution in [0, 0.1) is 18.3 Å². The highest BCUT2D eigenvalue weighted by molar-refractivity contribution is 9.10. The van der Waals surface area contributed by atoms with Crippen LogP contribution < -0.4 is 5.32 Å². The summed E-state index contributed by atoms with van der Waals surface area (Å²) >= 11 is 3.58. The Kier molecular flexibility index (Phi) is 7.39. The number of hydrogen-bond donors (Lipinski definition) is 2. The average molecular weight is 478 g/mol. The number of aryl methyl sites for hydroxylation is 2. The van der Waals surface area contributed by atoms with Crippen LogP contribution in [0.25, 0.3) is 11.3 Å². The molecular weight excluding hydrogens is 450 g/mol. The monoisotopic (exact) mass is 477 g/mol. The fraction of sp³-hybridized carbons (Fsp3) is 0.269. The summed E-state index contributed by atoms with van der Waals surface area (Å²) in [6.45, 7) is 8.60. The standard InChI is InChI=1S/C26H28BrN3O/c1-5-19-13-18(8-9-20(19)26(31)16(2)3)15-30-24-12-17(4)11-21(22(24)14-28)25-23(27)7-6-10-29-25/h6-14,16,28,30H,5,15H2,1-4H3. The number of aromatic nitrogens is 1. The van der Waals surface area contributed by atoms with Crippen LogP contribution in [0.1, 0.15) is 53.4 Å². The Labute approximate surface area is 192 Å². The quantitative estimate of drug-likeness (QED) is 0.276. The first-order chi connectivity index (χ1) is 14.8. The lowest BCUT2D eigenvalue weighted by atomic mass is 9.93. The molecule has 160 valence electrons. The zero-order valence-corrected chi connectivity index (χ0v) is 20.0. The summed E-state index contributed by atoms with van der Waals surface area (Å²) in [6, 6.07) is 14.0. The van der Waals surface area contributed by atoms with Crippen molar-refractivity contribution in [1.29, 1.82) is 5.41 Å². The van der Waals surface area contributed by atoms with Crippen LogP contribution in [0.3, 0.4) is 0 Å². The molecular formula is C26H28BrN3O. The Bertz CT molecular complexity index is 1120. The molecule has 31 heavy (non-hydrogen) atoms. The van der Waals surface area contributed by atoms with Gasteiger partial charge < -0.3 is 10.7 Å². The van der Waals surface area contributed by atoms with Crippen molar-refractivity contribution in [2.45, 2.75) is 40.7 Å². The van der Waals surface area contributed by atoms with Gasteiger partial charge in [-0.05, 0) is 70.2 Å². The number of halogens is 1. The van der Waals surface area contributed by atoms with Crippen molar-refractivity contribution in [3.05, 3.63) is 81.0 Å². The van der Waals surface area contributed by atoms with Gasteiger partial charge in [-0.25, -0.2) is 0 Å². The Hall–Kier alpha value is -2.79. The predicted octanol–water partition coefficient (Wildman–Crippen LogP) is 6.83. The minimum absolute atomic E-state index is 0.0129. The van der Waals surface area contributed by atoms with Gasteiger partial charge in [-0.15, -0.1) is 0 Å². The number of Topliss-reactive ketones (excluding diaryl/α,β-unsaturated/α-hetero) is 1. The first-order valence-corrected chi connectivity index (χ1v) is 11.3. The van der Waals surface area contributed by atoms with Crippen molar-refractivity contribution in [3.63, 3.8) is 0 Å². The largest absolute Gasteiger partial charge is 0.380 e. The molecule has 0 aliphatic carbocycles. The molecule has 0 aliphatic heterocycles. The summed E-state index contributed by atoms with van der Waals surface area (Å²) in [5, 5.41) is 11.5. The number of anilines is 1. The zero-order valence-electron chi connectivity index (χ0n) is 18.4. The number of carbonyl (C=O) groups is 1. The van der Waals surface area contributed by atoms with Gasteiger partial charge in [0.15, 0.2) is 5.78 Å². The summed E-state index contributed by atoms with van der Waals surface area (Å²) in [6.07, 6.45) is 3.95. The van der Waals surface area contributed by atoms with Crippen LogP contribution in [-0.4, -0.2) is 17.0 Å². The van der Waals surface area contributed by atoms with Crippen molar-refractivity contribution in [1.82, 2.24) is 4.98 Å². The fourth-order valence-corrected chi connectivity index (χ4v) is 4.15. The molecule has 3 aromatic rings. The van der Waals surface area contributed by atoms with Gasteiger partial charge in [0.05, 0.1) is 5.69 Å². The van der Waals surface area contributed by atoms with E-state index < -0.39 is 0 Å². The molecule has 4 nitrogen and oxygen atoms in total. The number of rotatable bonds is 8. The minimum atomic E-state index is -0.0129. The molecule has 0 atom stereocenters. The van der Waals surface area contributed by atoms with Crippen molar-refractivity contribution in [2.75, 3.05) is 5.32 Å². The number of benzene rings is 2. The lowest BCUT2D eigenvalue weighted by Crippen LogP contribution is -2.11. The van der Waals surface area contributed by atoms with E-state index in [-0.39, 0.29) is 11.7 Å². The van der Waals surface area contributed by atoms with Crippen molar-refractivity contribution in [2.24, 2.45) is 5.92 Å². The van der Waals surface area contributed by atoms with E-state index in [9.17, 15) is 4.79 Å². The van der Waals surface area contributed by atoms with Crippen LogP contribution in [0.5, 0.6) is 0 Å². The summed E-state index contributed by atoms with van der Waals surface area (Å²) in [5.41, 5.74) is 7.51. The molecule has 0 saturated carbocycles. The fourth-order valence-electron chi connectivity index (χ4n) is 3.68. The molecule has 2 N–H and O–H groups in total. The van der Waals surface area contributed by atoms with Crippen LogP contribution in [-0.2, 0) is 13.0 Å². The maximum atomic E-state index is 12.5. The van der Waals surface area contributed by atoms with E-state index in [1.54, 1.807) is 6.20 Å². The second-order valence-electron chi connectivity index (χ2n) is 7.97. The topological polar surface area (TPSA) is 65.8 Å². The van der Waals surface area contributed by atoms with E-state index >= 15 is 0 Å². The van der Waals surface area contributed by atoms with Gasteiger partial charge >= 0.3 is 0 Å². The van der Waals surface area contributed by atoms with Crippen molar-refractivity contribution in [3.8, 4) is 11.3 Å². The van der Waals surface area contributed by atoms with Gasteiger partial charge in [0.1, 0.15) is 0 Å². The second-order valence-corrected chi connectivity index (χ2v) is 8.82. The average Bonchev–Trinajstić information content (AvgIpc) is 2.76. The number of pyridine rings is 1. The minimum Gasteiger partial charge on any atom is -0.380 e. The van der Waals surface area contributed by atoms with E-state index in [2.05, 4.69) is 51.4 Å². The van der Waals surface area contributed by atoms with Crippen molar-refractivity contribution < 1.29 is 4.79 Å². The van der Waals surface area contributed by atoms with E-state index in [1.807, 2.05) is 45.0 Å². The first-order valence-electron chi connectivity index (χ1n) is 10.5. The predicted molar refractivity (Wildman–Crippen MR) is 132 cm³/mol.